The lowest BCUT2D eigenvalue weighted by Gasteiger charge is -2.43. The van der Waals surface area contributed by atoms with Crippen LogP contribution >= 0.6 is 0 Å². The Hall–Kier alpha value is -2.42. The molecule has 3 aliphatic rings. The molecule has 22 heavy (non-hydrogen) atoms. The minimum absolute atomic E-state index is 0.121. The van der Waals surface area contributed by atoms with Gasteiger partial charge in [-0.1, -0.05) is 42.5 Å². The third kappa shape index (κ3) is 1.89. The molecule has 0 heterocycles. The van der Waals surface area contributed by atoms with Crippen LogP contribution < -0.4 is 5.32 Å². The smallest absolute Gasteiger partial charge is 0.252 e. The number of carbonyl (C=O) groups is 1. The van der Waals surface area contributed by atoms with E-state index in [4.69, 9.17) is 0 Å². The number of amides is 1. The van der Waals surface area contributed by atoms with E-state index in [0.29, 0.717) is 11.1 Å². The van der Waals surface area contributed by atoms with E-state index in [-0.39, 0.29) is 11.7 Å². The van der Waals surface area contributed by atoms with Crippen LogP contribution in [0.2, 0.25) is 0 Å². The molecule has 1 aromatic carbocycles. The van der Waals surface area contributed by atoms with Gasteiger partial charge in [-0.2, -0.15) is 0 Å². The van der Waals surface area contributed by atoms with E-state index >= 15 is 0 Å². The summed E-state index contributed by atoms with van der Waals surface area (Å²) in [4.78, 5) is 12.7. The van der Waals surface area contributed by atoms with Crippen molar-refractivity contribution in [3.05, 3.63) is 82.7 Å². The maximum Gasteiger partial charge on any atom is 0.252 e. The molecule has 0 bridgehead atoms. The molecule has 0 radical (unpaired) electrons. The molecule has 110 valence electrons. The summed E-state index contributed by atoms with van der Waals surface area (Å²) in [6.07, 6.45) is 12.2. The number of fused-ring (bicyclic) bond motifs is 1. The maximum atomic E-state index is 14.2. The molecule has 3 aliphatic carbocycles. The van der Waals surface area contributed by atoms with E-state index in [1.165, 1.54) is 6.07 Å². The number of allylic oxidation sites excluding steroid dienone is 6. The van der Waals surface area contributed by atoms with Gasteiger partial charge in [-0.3, -0.25) is 4.79 Å². The van der Waals surface area contributed by atoms with Crippen LogP contribution in [0.3, 0.4) is 0 Å². The number of hydrogen-bond acceptors (Lipinski definition) is 1. The van der Waals surface area contributed by atoms with E-state index in [1.807, 2.05) is 36.4 Å². The lowest BCUT2D eigenvalue weighted by Crippen LogP contribution is -2.51. The molecule has 0 aliphatic heterocycles. The molecular formula is C19H16FNO. The normalized spacial score (nSPS) is 20.7. The number of halogens is 1. The molecule has 0 unspecified atom stereocenters. The van der Waals surface area contributed by atoms with Crippen molar-refractivity contribution in [2.24, 2.45) is 0 Å². The van der Waals surface area contributed by atoms with Crippen molar-refractivity contribution in [3.8, 4) is 0 Å². The van der Waals surface area contributed by atoms with Crippen molar-refractivity contribution in [1.82, 2.24) is 5.32 Å². The Bertz CT molecular complexity index is 778. The standard InChI is InChI=1S/C19H16FNO/c20-17-8-2-1-7-16(17)19(11-4-12-19)21-18(22)15-10-9-13-5-3-6-14(13)15/h1-3,5-10H,4,11-12H2,(H,21,22). The van der Waals surface area contributed by atoms with Gasteiger partial charge in [0.15, 0.2) is 0 Å². The monoisotopic (exact) mass is 293 g/mol. The van der Waals surface area contributed by atoms with Gasteiger partial charge in [0.2, 0.25) is 0 Å². The summed E-state index contributed by atoms with van der Waals surface area (Å²) < 4.78 is 14.2. The minimum atomic E-state index is -0.557. The molecule has 2 nitrogen and oxygen atoms in total. The van der Waals surface area contributed by atoms with Crippen LogP contribution in [0.1, 0.15) is 24.8 Å². The van der Waals surface area contributed by atoms with Gasteiger partial charge in [-0.05, 0) is 42.6 Å². The zero-order valence-electron chi connectivity index (χ0n) is 12.1. The number of carbonyl (C=O) groups excluding carboxylic acids is 1. The summed E-state index contributed by atoms with van der Waals surface area (Å²) in [6.45, 7) is 0. The van der Waals surface area contributed by atoms with Crippen LogP contribution in [-0.4, -0.2) is 5.91 Å². The number of rotatable bonds is 3. The fourth-order valence-electron chi connectivity index (χ4n) is 3.41. The lowest BCUT2D eigenvalue weighted by atomic mass is 9.71. The summed E-state index contributed by atoms with van der Waals surface area (Å²) in [5.74, 6) is -0.368. The van der Waals surface area contributed by atoms with Crippen molar-refractivity contribution >= 4 is 5.91 Å². The van der Waals surface area contributed by atoms with Gasteiger partial charge in [0.25, 0.3) is 5.91 Å². The minimum Gasteiger partial charge on any atom is -0.342 e. The SMILES string of the molecule is O=C(NC1(c2ccccc2F)CCC1)C1=C2C=CC=C2C=C1. The van der Waals surface area contributed by atoms with Gasteiger partial charge < -0.3 is 5.32 Å². The molecule has 0 saturated heterocycles. The first-order valence-electron chi connectivity index (χ1n) is 7.58. The average Bonchev–Trinajstić information content (AvgIpc) is 3.06. The average molecular weight is 293 g/mol. The molecule has 3 heteroatoms. The van der Waals surface area contributed by atoms with Crippen LogP contribution in [0.25, 0.3) is 0 Å². The van der Waals surface area contributed by atoms with E-state index in [1.54, 1.807) is 12.1 Å². The Balaban J connectivity index is 1.65. The summed E-state index contributed by atoms with van der Waals surface area (Å²) in [5.41, 5.74) is 2.74. The van der Waals surface area contributed by atoms with Gasteiger partial charge in [0.1, 0.15) is 5.82 Å². The Kier molecular flexibility index (Phi) is 2.89. The number of benzene rings is 1. The van der Waals surface area contributed by atoms with Crippen LogP contribution in [0.4, 0.5) is 4.39 Å². The van der Waals surface area contributed by atoms with Gasteiger partial charge >= 0.3 is 0 Å². The van der Waals surface area contributed by atoms with Gasteiger partial charge in [0, 0.05) is 11.1 Å². The van der Waals surface area contributed by atoms with E-state index in [0.717, 1.165) is 30.4 Å². The predicted octanol–water partition coefficient (Wildman–Crippen LogP) is 3.68. The largest absolute Gasteiger partial charge is 0.342 e. The van der Waals surface area contributed by atoms with E-state index < -0.39 is 5.54 Å². The molecule has 0 atom stereocenters. The van der Waals surface area contributed by atoms with E-state index in [9.17, 15) is 9.18 Å². The Morgan fingerprint density at radius 1 is 1.14 bits per heavy atom. The Morgan fingerprint density at radius 2 is 1.95 bits per heavy atom. The highest BCUT2D eigenvalue weighted by molar-refractivity contribution is 6.01. The summed E-state index contributed by atoms with van der Waals surface area (Å²) >= 11 is 0. The molecule has 1 saturated carbocycles. The van der Waals surface area contributed by atoms with Crippen LogP contribution in [0, 0.1) is 5.82 Å². The summed E-state index contributed by atoms with van der Waals surface area (Å²) in [6, 6.07) is 6.73. The summed E-state index contributed by atoms with van der Waals surface area (Å²) in [5, 5.41) is 3.09. The van der Waals surface area contributed by atoms with Crippen LogP contribution in [0.15, 0.2) is 71.4 Å². The van der Waals surface area contributed by atoms with Crippen molar-refractivity contribution in [3.63, 3.8) is 0 Å². The molecule has 1 fully saturated rings. The van der Waals surface area contributed by atoms with Crippen LogP contribution in [-0.2, 0) is 10.3 Å². The molecule has 0 spiro atoms. The topological polar surface area (TPSA) is 29.1 Å². The van der Waals surface area contributed by atoms with Gasteiger partial charge in [-0.15, -0.1) is 0 Å². The lowest BCUT2D eigenvalue weighted by molar-refractivity contribution is -0.120. The second kappa shape index (κ2) is 4.80. The first-order valence-corrected chi connectivity index (χ1v) is 7.58. The van der Waals surface area contributed by atoms with Crippen molar-refractivity contribution < 1.29 is 9.18 Å². The van der Waals surface area contributed by atoms with Crippen LogP contribution in [0.5, 0.6) is 0 Å². The van der Waals surface area contributed by atoms with Crippen molar-refractivity contribution in [1.29, 1.82) is 0 Å². The third-order valence-electron chi connectivity index (χ3n) is 4.76. The number of hydrogen-bond donors (Lipinski definition) is 1. The second-order valence-electron chi connectivity index (χ2n) is 6.01. The quantitative estimate of drug-likeness (QED) is 0.905. The second-order valence-corrected chi connectivity index (χ2v) is 6.01. The third-order valence-corrected chi connectivity index (χ3v) is 4.76. The summed E-state index contributed by atoms with van der Waals surface area (Å²) in [7, 11) is 0. The zero-order valence-corrected chi connectivity index (χ0v) is 12.1. The molecule has 4 rings (SSSR count). The van der Waals surface area contributed by atoms with E-state index in [2.05, 4.69) is 5.32 Å². The highest BCUT2D eigenvalue weighted by Crippen LogP contribution is 2.43. The molecule has 1 amide bonds. The highest BCUT2D eigenvalue weighted by Gasteiger charge is 2.42. The first-order chi connectivity index (χ1) is 10.7. The fourth-order valence-corrected chi connectivity index (χ4v) is 3.41. The Morgan fingerprint density at radius 3 is 2.68 bits per heavy atom. The fraction of sp³-hybridized carbons (Fsp3) is 0.211. The molecule has 1 aromatic rings. The maximum absolute atomic E-state index is 14.2. The molecule has 0 aromatic heterocycles. The number of nitrogens with one attached hydrogen (secondary N) is 1. The van der Waals surface area contributed by atoms with Crippen molar-refractivity contribution in [2.75, 3.05) is 0 Å². The van der Waals surface area contributed by atoms with Gasteiger partial charge in [-0.25, -0.2) is 4.39 Å². The predicted molar refractivity (Wildman–Crippen MR) is 83.5 cm³/mol. The highest BCUT2D eigenvalue weighted by atomic mass is 19.1. The van der Waals surface area contributed by atoms with Gasteiger partial charge in [0.05, 0.1) is 5.54 Å². The van der Waals surface area contributed by atoms with Crippen molar-refractivity contribution in [2.45, 2.75) is 24.8 Å². The molecule has 1 N–H and O–H groups in total. The Labute approximate surface area is 128 Å². The molecular weight excluding hydrogens is 277 g/mol. The zero-order chi connectivity index (χ0) is 15.2. The first kappa shape index (κ1) is 13.3.